The van der Waals surface area contributed by atoms with Crippen molar-refractivity contribution in [2.24, 2.45) is 0 Å². The van der Waals surface area contributed by atoms with Gasteiger partial charge in [-0.2, -0.15) is 9.13 Å². The van der Waals surface area contributed by atoms with Crippen LogP contribution in [0.25, 0.3) is 22.3 Å². The molecule has 2 heterocycles. The number of hydrogen-bond acceptors (Lipinski definition) is 1. The van der Waals surface area contributed by atoms with Crippen molar-refractivity contribution in [3.8, 4) is 11.4 Å². The summed E-state index contributed by atoms with van der Waals surface area (Å²) in [5, 5.41) is 1.14. The van der Waals surface area contributed by atoms with Gasteiger partial charge in [-0.15, -0.1) is 0 Å². The summed E-state index contributed by atoms with van der Waals surface area (Å²) in [6, 6.07) is 19.3. The molecule has 0 amide bonds. The maximum Gasteiger partial charge on any atom is 0.301 e. The minimum Gasteiger partial charge on any atom is -0.199 e. The Kier molecular flexibility index (Phi) is 4.70. The maximum absolute atomic E-state index is 4.86. The topological polar surface area (TPSA) is 20.6 Å². The Labute approximate surface area is 173 Å². The quantitative estimate of drug-likeness (QED) is 0.446. The van der Waals surface area contributed by atoms with Gasteiger partial charge in [0.2, 0.25) is 5.69 Å². The van der Waals surface area contributed by atoms with Crippen LogP contribution in [0.1, 0.15) is 43.4 Å². The molecule has 0 saturated heterocycles. The standard InChI is InChI=1S/C26H29N3/c1-18-11-9-10-14-28(18)24-15-22(26(4,5)6)16-25(19(24)2)29-17-21-12-7-8-13-23(21)27-20(29)3/h7-17H,1-6H3/q+2. The van der Waals surface area contributed by atoms with E-state index in [4.69, 9.17) is 4.98 Å². The summed E-state index contributed by atoms with van der Waals surface area (Å²) < 4.78 is 4.51. The third-order valence-electron chi connectivity index (χ3n) is 5.64. The number of benzene rings is 2. The van der Waals surface area contributed by atoms with Crippen LogP contribution in [-0.2, 0) is 5.41 Å². The molecule has 0 radical (unpaired) electrons. The van der Waals surface area contributed by atoms with Gasteiger partial charge in [-0.3, -0.25) is 0 Å². The van der Waals surface area contributed by atoms with Gasteiger partial charge >= 0.3 is 5.82 Å². The molecule has 3 nitrogen and oxygen atoms in total. The Balaban J connectivity index is 2.05. The molecule has 0 aliphatic carbocycles. The summed E-state index contributed by atoms with van der Waals surface area (Å²) in [5.74, 6) is 0.985. The van der Waals surface area contributed by atoms with Crippen molar-refractivity contribution in [3.63, 3.8) is 0 Å². The summed E-state index contributed by atoms with van der Waals surface area (Å²) in [7, 11) is 0. The molecular formula is C26H29N3+2. The maximum atomic E-state index is 4.86. The Morgan fingerprint density at radius 2 is 1.45 bits per heavy atom. The molecule has 146 valence electrons. The van der Waals surface area contributed by atoms with Crippen LogP contribution in [0.2, 0.25) is 0 Å². The van der Waals surface area contributed by atoms with E-state index < -0.39 is 0 Å². The molecule has 4 rings (SSSR count). The van der Waals surface area contributed by atoms with E-state index in [1.807, 2.05) is 6.07 Å². The highest BCUT2D eigenvalue weighted by atomic mass is 15.1. The fraction of sp³-hybridized carbons (Fsp3) is 0.269. The van der Waals surface area contributed by atoms with Crippen LogP contribution in [0.3, 0.4) is 0 Å². The molecule has 29 heavy (non-hydrogen) atoms. The van der Waals surface area contributed by atoms with E-state index in [2.05, 4.69) is 112 Å². The van der Waals surface area contributed by atoms with Crippen LogP contribution in [0.15, 0.2) is 67.0 Å². The molecular weight excluding hydrogens is 354 g/mol. The van der Waals surface area contributed by atoms with Crippen molar-refractivity contribution in [2.75, 3.05) is 0 Å². The van der Waals surface area contributed by atoms with Crippen molar-refractivity contribution in [2.45, 2.75) is 47.0 Å². The number of nitrogens with zero attached hydrogens (tertiary/aromatic N) is 3. The van der Waals surface area contributed by atoms with Crippen molar-refractivity contribution in [3.05, 3.63) is 89.6 Å². The van der Waals surface area contributed by atoms with Crippen molar-refractivity contribution in [1.82, 2.24) is 4.98 Å². The van der Waals surface area contributed by atoms with Crippen LogP contribution in [-0.4, -0.2) is 4.98 Å². The second-order valence-corrected chi connectivity index (χ2v) is 8.82. The van der Waals surface area contributed by atoms with E-state index in [9.17, 15) is 0 Å². The van der Waals surface area contributed by atoms with Gasteiger partial charge in [0, 0.05) is 32.0 Å². The zero-order valence-electron chi connectivity index (χ0n) is 18.2. The first-order valence-electron chi connectivity index (χ1n) is 10.2. The molecule has 0 atom stereocenters. The highest BCUT2D eigenvalue weighted by molar-refractivity contribution is 5.76. The Bertz CT molecular complexity index is 1220. The van der Waals surface area contributed by atoms with E-state index in [-0.39, 0.29) is 5.41 Å². The lowest BCUT2D eigenvalue weighted by molar-refractivity contribution is -0.612. The van der Waals surface area contributed by atoms with E-state index in [1.165, 1.54) is 28.2 Å². The molecule has 2 aromatic heterocycles. The van der Waals surface area contributed by atoms with Crippen molar-refractivity contribution < 1.29 is 9.13 Å². The SMILES string of the molecule is Cc1c(-[n+]2ccccc2C)cc(C(C)(C)C)cc1-[n+]1cc2ccccc2nc1C. The average molecular weight is 384 g/mol. The third-order valence-corrected chi connectivity index (χ3v) is 5.64. The molecule has 0 aliphatic heterocycles. The molecule has 0 spiro atoms. The highest BCUT2D eigenvalue weighted by Crippen LogP contribution is 2.28. The van der Waals surface area contributed by atoms with E-state index in [1.54, 1.807) is 0 Å². The first-order valence-corrected chi connectivity index (χ1v) is 10.2. The number of aryl methyl sites for hydroxylation is 2. The van der Waals surface area contributed by atoms with Crippen molar-refractivity contribution in [1.29, 1.82) is 0 Å². The average Bonchev–Trinajstić information content (AvgIpc) is 2.67. The first-order chi connectivity index (χ1) is 13.8. The normalized spacial score (nSPS) is 11.8. The fourth-order valence-corrected chi connectivity index (χ4v) is 3.82. The van der Waals surface area contributed by atoms with Gasteiger partial charge in [0.15, 0.2) is 17.4 Å². The minimum atomic E-state index is 0.0409. The van der Waals surface area contributed by atoms with Crippen LogP contribution in [0, 0.1) is 20.8 Å². The van der Waals surface area contributed by atoms with Gasteiger partial charge in [0.1, 0.15) is 11.9 Å². The summed E-state index contributed by atoms with van der Waals surface area (Å²) in [6.07, 6.45) is 4.35. The number of fused-ring (bicyclic) bond motifs is 1. The fourth-order valence-electron chi connectivity index (χ4n) is 3.82. The number of aromatic nitrogens is 3. The van der Waals surface area contributed by atoms with E-state index in [0.29, 0.717) is 0 Å². The van der Waals surface area contributed by atoms with Gasteiger partial charge in [-0.25, -0.2) is 0 Å². The van der Waals surface area contributed by atoms with Crippen LogP contribution in [0.4, 0.5) is 0 Å². The smallest absolute Gasteiger partial charge is 0.199 e. The summed E-state index contributed by atoms with van der Waals surface area (Å²) in [4.78, 5) is 4.86. The van der Waals surface area contributed by atoms with E-state index in [0.717, 1.165) is 16.7 Å². The molecule has 0 unspecified atom stereocenters. The second kappa shape index (κ2) is 7.07. The number of rotatable bonds is 2. The van der Waals surface area contributed by atoms with Crippen LogP contribution < -0.4 is 9.13 Å². The predicted octanol–water partition coefficient (Wildman–Crippen LogP) is 5.01. The molecule has 0 saturated carbocycles. The van der Waals surface area contributed by atoms with Crippen LogP contribution >= 0.6 is 0 Å². The Hall–Kier alpha value is -3.07. The first kappa shape index (κ1) is 19.3. The molecule has 0 aliphatic rings. The monoisotopic (exact) mass is 383 g/mol. The molecule has 3 heteroatoms. The lowest BCUT2D eigenvalue weighted by atomic mass is 9.85. The zero-order chi connectivity index (χ0) is 20.8. The lowest BCUT2D eigenvalue weighted by Crippen LogP contribution is -2.40. The summed E-state index contributed by atoms with van der Waals surface area (Å²) >= 11 is 0. The molecule has 0 N–H and O–H groups in total. The van der Waals surface area contributed by atoms with E-state index >= 15 is 0 Å². The molecule has 0 fully saturated rings. The molecule has 4 aromatic rings. The Morgan fingerprint density at radius 3 is 2.14 bits per heavy atom. The second-order valence-electron chi connectivity index (χ2n) is 8.82. The summed E-state index contributed by atoms with van der Waals surface area (Å²) in [6.45, 7) is 13.2. The molecule has 2 aromatic carbocycles. The van der Waals surface area contributed by atoms with Crippen LogP contribution in [0.5, 0.6) is 0 Å². The zero-order valence-corrected chi connectivity index (χ0v) is 18.2. The van der Waals surface area contributed by atoms with Gasteiger partial charge < -0.3 is 0 Å². The van der Waals surface area contributed by atoms with Crippen molar-refractivity contribution >= 4 is 10.9 Å². The third kappa shape index (κ3) is 3.53. The highest BCUT2D eigenvalue weighted by Gasteiger charge is 2.26. The van der Waals surface area contributed by atoms with Gasteiger partial charge in [-0.1, -0.05) is 39.0 Å². The number of pyridine rings is 1. The predicted molar refractivity (Wildman–Crippen MR) is 118 cm³/mol. The van der Waals surface area contributed by atoms with Gasteiger partial charge in [-0.05, 0) is 41.1 Å². The minimum absolute atomic E-state index is 0.0409. The van der Waals surface area contributed by atoms with Gasteiger partial charge in [0.25, 0.3) is 0 Å². The number of para-hydroxylation sites is 1. The van der Waals surface area contributed by atoms with Gasteiger partial charge in [0.05, 0.1) is 10.9 Å². The Morgan fingerprint density at radius 1 is 0.793 bits per heavy atom. The largest absolute Gasteiger partial charge is 0.301 e. The summed E-state index contributed by atoms with van der Waals surface area (Å²) in [5.41, 5.74) is 7.22. The lowest BCUT2D eigenvalue weighted by Gasteiger charge is -2.21. The molecule has 0 bridgehead atoms. The number of hydrogen-bond donors (Lipinski definition) is 0.